The number of likely N-dealkylation sites (tertiary alicyclic amines) is 1. The molecule has 0 spiro atoms. The van der Waals surface area contributed by atoms with Gasteiger partial charge in [0.15, 0.2) is 17.7 Å². The van der Waals surface area contributed by atoms with Gasteiger partial charge in [0.25, 0.3) is 0 Å². The standard InChI is InChI=1S/C25H29Cl2N5O2/c1-32-9-8-25(16-4-5-21(33-2)22(10-16)34-3)7-6-19(14-23(25)32)30-24(29-15-28)31-20-12-17(26)11-18(27)13-20/h4-5,10-13,19,23H,6-9,14H2,1-3H3,(H2,29,30,31). The van der Waals surface area contributed by atoms with Gasteiger partial charge >= 0.3 is 0 Å². The van der Waals surface area contributed by atoms with Crippen LogP contribution in [0.25, 0.3) is 0 Å². The predicted octanol–water partition coefficient (Wildman–Crippen LogP) is 5.04. The monoisotopic (exact) mass is 501 g/mol. The Bertz CT molecular complexity index is 1100. The van der Waals surface area contributed by atoms with E-state index in [1.54, 1.807) is 32.4 Å². The lowest BCUT2D eigenvalue weighted by Gasteiger charge is -2.44. The van der Waals surface area contributed by atoms with Crippen LogP contribution in [0.2, 0.25) is 10.0 Å². The minimum absolute atomic E-state index is 0.0387. The van der Waals surface area contributed by atoms with Crippen molar-refractivity contribution in [2.45, 2.75) is 43.2 Å². The number of anilines is 1. The summed E-state index contributed by atoms with van der Waals surface area (Å²) in [5, 5.41) is 16.1. The molecule has 7 nitrogen and oxygen atoms in total. The van der Waals surface area contributed by atoms with Crippen molar-refractivity contribution in [1.29, 1.82) is 5.26 Å². The Kier molecular flexibility index (Phi) is 7.42. The lowest BCUT2D eigenvalue weighted by atomic mass is 9.65. The van der Waals surface area contributed by atoms with Crippen molar-refractivity contribution in [3.63, 3.8) is 0 Å². The van der Waals surface area contributed by atoms with E-state index in [0.29, 0.717) is 27.7 Å². The summed E-state index contributed by atoms with van der Waals surface area (Å²) in [6, 6.07) is 11.8. The summed E-state index contributed by atoms with van der Waals surface area (Å²) in [7, 11) is 5.51. The number of nitrogens with one attached hydrogen (secondary N) is 2. The van der Waals surface area contributed by atoms with Crippen LogP contribution in [-0.2, 0) is 5.41 Å². The van der Waals surface area contributed by atoms with E-state index in [1.165, 1.54) is 5.56 Å². The van der Waals surface area contributed by atoms with Gasteiger partial charge in [0.1, 0.15) is 0 Å². The fourth-order valence-electron chi connectivity index (χ4n) is 5.46. The Morgan fingerprint density at radius 3 is 2.53 bits per heavy atom. The van der Waals surface area contributed by atoms with Crippen molar-refractivity contribution in [3.8, 4) is 17.7 Å². The van der Waals surface area contributed by atoms with Crippen LogP contribution in [0.4, 0.5) is 5.69 Å². The molecule has 2 aliphatic rings. The Hall–Kier alpha value is -2.66. The number of guanidine groups is 1. The SMILES string of the molecule is COc1ccc(C23CCC(/N=C(\NC#N)Nc4cc(Cl)cc(Cl)c4)CC2N(C)CC3)cc1OC. The number of hydrogen-bond donors (Lipinski definition) is 2. The number of likely N-dealkylation sites (N-methyl/N-ethyl adjacent to an activating group) is 1. The second kappa shape index (κ2) is 10.3. The maximum absolute atomic E-state index is 9.26. The average Bonchev–Trinajstić information content (AvgIpc) is 3.15. The first-order chi connectivity index (χ1) is 16.4. The first kappa shape index (κ1) is 24.5. The number of fused-ring (bicyclic) bond motifs is 1. The van der Waals surface area contributed by atoms with Crippen LogP contribution in [0.5, 0.6) is 11.5 Å². The van der Waals surface area contributed by atoms with Gasteiger partial charge in [-0.2, -0.15) is 5.26 Å². The highest BCUT2D eigenvalue weighted by Crippen LogP contribution is 2.50. The van der Waals surface area contributed by atoms with Crippen LogP contribution in [0.3, 0.4) is 0 Å². The minimum atomic E-state index is 0.0387. The predicted molar refractivity (Wildman–Crippen MR) is 136 cm³/mol. The molecule has 1 saturated heterocycles. The lowest BCUT2D eigenvalue weighted by Crippen LogP contribution is -2.47. The lowest BCUT2D eigenvalue weighted by molar-refractivity contribution is 0.168. The summed E-state index contributed by atoms with van der Waals surface area (Å²) in [6.45, 7) is 1.03. The van der Waals surface area contributed by atoms with E-state index in [2.05, 4.69) is 34.7 Å². The van der Waals surface area contributed by atoms with Crippen molar-refractivity contribution in [1.82, 2.24) is 10.2 Å². The number of methoxy groups -OCH3 is 2. The van der Waals surface area contributed by atoms with Crippen LogP contribution in [0.15, 0.2) is 41.4 Å². The molecular weight excluding hydrogens is 473 g/mol. The fraction of sp³-hybridized carbons (Fsp3) is 0.440. The molecule has 1 aliphatic heterocycles. The molecule has 2 N–H and O–H groups in total. The van der Waals surface area contributed by atoms with Gasteiger partial charge in [-0.3, -0.25) is 5.32 Å². The van der Waals surface area contributed by atoms with Crippen molar-refractivity contribution in [2.75, 3.05) is 33.1 Å². The summed E-state index contributed by atoms with van der Waals surface area (Å²) in [6.07, 6.45) is 5.85. The second-order valence-corrected chi connectivity index (χ2v) is 9.77. The number of rotatable bonds is 5. The molecule has 0 bridgehead atoms. The number of aliphatic imine (C=N–C) groups is 1. The molecule has 180 valence electrons. The first-order valence-corrected chi connectivity index (χ1v) is 12.0. The molecule has 0 amide bonds. The third-order valence-electron chi connectivity index (χ3n) is 7.07. The Morgan fingerprint density at radius 1 is 1.12 bits per heavy atom. The number of nitrogens with zero attached hydrogens (tertiary/aromatic N) is 3. The van der Waals surface area contributed by atoms with Gasteiger partial charge in [0, 0.05) is 27.2 Å². The molecule has 3 atom stereocenters. The van der Waals surface area contributed by atoms with Gasteiger partial charge in [-0.05, 0) is 75.2 Å². The third-order valence-corrected chi connectivity index (χ3v) is 7.51. The average molecular weight is 502 g/mol. The summed E-state index contributed by atoms with van der Waals surface area (Å²) in [5.74, 6) is 1.89. The number of benzene rings is 2. The van der Waals surface area contributed by atoms with Crippen LogP contribution >= 0.6 is 23.2 Å². The highest BCUT2D eigenvalue weighted by Gasteiger charge is 2.50. The largest absolute Gasteiger partial charge is 0.493 e. The van der Waals surface area contributed by atoms with Gasteiger partial charge in [0.05, 0.1) is 20.3 Å². The molecule has 1 aliphatic carbocycles. The van der Waals surface area contributed by atoms with E-state index >= 15 is 0 Å². The van der Waals surface area contributed by atoms with Gasteiger partial charge in [-0.15, -0.1) is 0 Å². The summed E-state index contributed by atoms with van der Waals surface area (Å²) in [4.78, 5) is 7.31. The zero-order valence-corrected chi connectivity index (χ0v) is 21.1. The zero-order chi connectivity index (χ0) is 24.3. The molecule has 0 radical (unpaired) electrons. The van der Waals surface area contributed by atoms with E-state index < -0.39 is 0 Å². The maximum atomic E-state index is 9.26. The van der Waals surface area contributed by atoms with E-state index in [4.69, 9.17) is 37.7 Å². The number of nitriles is 1. The minimum Gasteiger partial charge on any atom is -0.493 e. The molecule has 9 heteroatoms. The number of halogens is 2. The molecule has 1 saturated carbocycles. The summed E-state index contributed by atoms with van der Waals surface area (Å²) >= 11 is 12.2. The summed E-state index contributed by atoms with van der Waals surface area (Å²) < 4.78 is 11.0. The third kappa shape index (κ3) is 4.90. The van der Waals surface area contributed by atoms with Crippen LogP contribution in [0, 0.1) is 11.5 Å². The fourth-order valence-corrected chi connectivity index (χ4v) is 5.98. The molecule has 34 heavy (non-hydrogen) atoms. The van der Waals surface area contributed by atoms with Crippen molar-refractivity contribution in [3.05, 3.63) is 52.0 Å². The van der Waals surface area contributed by atoms with Crippen LogP contribution in [-0.4, -0.2) is 50.8 Å². The quantitative estimate of drug-likeness (QED) is 0.258. The van der Waals surface area contributed by atoms with E-state index in [9.17, 15) is 5.26 Å². The summed E-state index contributed by atoms with van der Waals surface area (Å²) in [5.41, 5.74) is 1.99. The van der Waals surface area contributed by atoms with Crippen molar-refractivity contribution < 1.29 is 9.47 Å². The Balaban J connectivity index is 1.58. The molecule has 2 fully saturated rings. The Labute approximate surface area is 210 Å². The van der Waals surface area contributed by atoms with Crippen molar-refractivity contribution in [2.24, 2.45) is 4.99 Å². The molecule has 2 aromatic carbocycles. The zero-order valence-electron chi connectivity index (χ0n) is 19.6. The first-order valence-electron chi connectivity index (χ1n) is 11.3. The smallest absolute Gasteiger partial charge is 0.209 e. The van der Waals surface area contributed by atoms with Gasteiger partial charge in [0.2, 0.25) is 5.96 Å². The van der Waals surface area contributed by atoms with Gasteiger partial charge in [-0.1, -0.05) is 29.3 Å². The molecular formula is C25H29Cl2N5O2. The molecule has 4 rings (SSSR count). The number of ether oxygens (including phenoxy) is 2. The second-order valence-electron chi connectivity index (χ2n) is 8.90. The van der Waals surface area contributed by atoms with E-state index in [-0.39, 0.29) is 11.5 Å². The molecule has 3 unspecified atom stereocenters. The Morgan fingerprint density at radius 2 is 1.85 bits per heavy atom. The van der Waals surface area contributed by atoms with E-state index in [0.717, 1.165) is 43.7 Å². The topological polar surface area (TPSA) is 81.9 Å². The molecule has 2 aromatic rings. The highest BCUT2D eigenvalue weighted by molar-refractivity contribution is 6.35. The molecule has 0 aromatic heterocycles. The highest BCUT2D eigenvalue weighted by atomic mass is 35.5. The normalized spacial score (nSPS) is 24.8. The number of hydrogen-bond acceptors (Lipinski definition) is 5. The maximum Gasteiger partial charge on any atom is 0.209 e. The van der Waals surface area contributed by atoms with Gasteiger partial charge < -0.3 is 19.7 Å². The van der Waals surface area contributed by atoms with Gasteiger partial charge in [-0.25, -0.2) is 4.99 Å². The molecule has 1 heterocycles. The van der Waals surface area contributed by atoms with Crippen LogP contribution in [0.1, 0.15) is 31.2 Å². The van der Waals surface area contributed by atoms with E-state index in [1.807, 2.05) is 12.3 Å². The van der Waals surface area contributed by atoms with Crippen LogP contribution < -0.4 is 20.1 Å². The van der Waals surface area contributed by atoms with Crippen molar-refractivity contribution >= 4 is 34.8 Å².